The Hall–Kier alpha value is -2.05. The molecule has 0 atom stereocenters. The number of aromatic amines is 1. The van der Waals surface area contributed by atoms with Gasteiger partial charge in [-0.25, -0.2) is 9.37 Å². The van der Waals surface area contributed by atoms with E-state index in [-0.39, 0.29) is 16.4 Å². The van der Waals surface area contributed by atoms with E-state index in [0.717, 1.165) is 17.8 Å². The van der Waals surface area contributed by atoms with Gasteiger partial charge < -0.3 is 4.98 Å². The zero-order valence-corrected chi connectivity index (χ0v) is 12.8. The Morgan fingerprint density at radius 1 is 1.39 bits per heavy atom. The molecule has 0 amide bonds. The van der Waals surface area contributed by atoms with Gasteiger partial charge in [0, 0.05) is 5.56 Å². The molecule has 1 aromatic carbocycles. The molecule has 0 unspecified atom stereocenters. The molecule has 0 spiro atoms. The second-order valence-electron chi connectivity index (χ2n) is 4.23. The standard InChI is InChI=1S/C13H6ClF4N3OS/c1-23-12-20-10(6(4-19)11(22)21-12)5-2-7(13(16,17)18)9(15)8(14)3-5/h2-3H,1H3,(H,20,21,22). The molecular weight excluding hydrogens is 358 g/mol. The van der Waals surface area contributed by atoms with E-state index < -0.39 is 33.7 Å². The maximum atomic E-state index is 13.6. The van der Waals surface area contributed by atoms with Crippen LogP contribution in [-0.2, 0) is 6.18 Å². The van der Waals surface area contributed by atoms with Gasteiger partial charge in [0.1, 0.15) is 11.6 Å². The number of aromatic nitrogens is 2. The predicted molar refractivity (Wildman–Crippen MR) is 76.8 cm³/mol. The average molecular weight is 364 g/mol. The van der Waals surface area contributed by atoms with Crippen LogP contribution in [0.25, 0.3) is 11.3 Å². The molecule has 10 heteroatoms. The maximum Gasteiger partial charge on any atom is 0.419 e. The summed E-state index contributed by atoms with van der Waals surface area (Å²) in [5.41, 5.74) is -3.47. The second kappa shape index (κ2) is 6.22. The van der Waals surface area contributed by atoms with Crippen LogP contribution in [0.15, 0.2) is 22.1 Å². The second-order valence-corrected chi connectivity index (χ2v) is 5.43. The molecule has 23 heavy (non-hydrogen) atoms. The fourth-order valence-electron chi connectivity index (χ4n) is 1.79. The van der Waals surface area contributed by atoms with Gasteiger partial charge in [0.2, 0.25) is 0 Å². The maximum absolute atomic E-state index is 13.6. The molecule has 120 valence electrons. The Balaban J connectivity index is 2.83. The number of thioether (sulfide) groups is 1. The summed E-state index contributed by atoms with van der Waals surface area (Å²) < 4.78 is 52.2. The number of alkyl halides is 3. The zero-order valence-electron chi connectivity index (χ0n) is 11.3. The molecule has 0 saturated heterocycles. The molecule has 2 rings (SSSR count). The summed E-state index contributed by atoms with van der Waals surface area (Å²) >= 11 is 6.53. The predicted octanol–water partition coefficient (Wildman–Crippen LogP) is 3.84. The summed E-state index contributed by atoms with van der Waals surface area (Å²) in [6, 6.07) is 2.93. The molecule has 1 N–H and O–H groups in total. The molecule has 0 radical (unpaired) electrons. The average Bonchev–Trinajstić information content (AvgIpc) is 2.47. The van der Waals surface area contributed by atoms with Crippen LogP contribution < -0.4 is 5.56 Å². The third-order valence-corrected chi connectivity index (χ3v) is 3.66. The SMILES string of the molecule is CSc1nc(-c2cc(Cl)c(F)c(C(F)(F)F)c2)c(C#N)c(=O)[nH]1. The van der Waals surface area contributed by atoms with Crippen molar-refractivity contribution in [1.29, 1.82) is 5.26 Å². The van der Waals surface area contributed by atoms with E-state index in [1.165, 1.54) is 0 Å². The van der Waals surface area contributed by atoms with E-state index >= 15 is 0 Å². The fourth-order valence-corrected chi connectivity index (χ4v) is 2.39. The van der Waals surface area contributed by atoms with Crippen molar-refractivity contribution in [2.75, 3.05) is 6.26 Å². The minimum absolute atomic E-state index is 0.0954. The largest absolute Gasteiger partial charge is 0.419 e. The van der Waals surface area contributed by atoms with E-state index in [1.807, 2.05) is 0 Å². The van der Waals surface area contributed by atoms with Crippen LogP contribution in [-0.4, -0.2) is 16.2 Å². The zero-order chi connectivity index (χ0) is 17.4. The Morgan fingerprint density at radius 3 is 2.57 bits per heavy atom. The Kier molecular flexibility index (Phi) is 4.68. The Morgan fingerprint density at radius 2 is 2.04 bits per heavy atom. The van der Waals surface area contributed by atoms with Crippen molar-refractivity contribution in [3.05, 3.63) is 44.5 Å². The number of nitrogens with zero attached hydrogens (tertiary/aromatic N) is 2. The lowest BCUT2D eigenvalue weighted by atomic mass is 10.0. The molecular formula is C13H6ClF4N3OS. The van der Waals surface area contributed by atoms with Crippen LogP contribution in [0.3, 0.4) is 0 Å². The van der Waals surface area contributed by atoms with Gasteiger partial charge in [-0.15, -0.1) is 0 Å². The molecule has 0 aliphatic rings. The van der Waals surface area contributed by atoms with Crippen LogP contribution >= 0.6 is 23.4 Å². The number of hydrogen-bond donors (Lipinski definition) is 1. The topological polar surface area (TPSA) is 69.5 Å². The quantitative estimate of drug-likeness (QED) is 0.500. The van der Waals surface area contributed by atoms with Crippen molar-refractivity contribution >= 4 is 23.4 Å². The van der Waals surface area contributed by atoms with Gasteiger partial charge >= 0.3 is 6.18 Å². The van der Waals surface area contributed by atoms with Gasteiger partial charge in [0.15, 0.2) is 11.0 Å². The third-order valence-electron chi connectivity index (χ3n) is 2.81. The summed E-state index contributed by atoms with van der Waals surface area (Å²) in [6.45, 7) is 0. The summed E-state index contributed by atoms with van der Waals surface area (Å²) in [5, 5.41) is 8.34. The number of hydrogen-bond acceptors (Lipinski definition) is 4. The number of nitrogens with one attached hydrogen (secondary N) is 1. The van der Waals surface area contributed by atoms with Crippen LogP contribution in [0.1, 0.15) is 11.1 Å². The van der Waals surface area contributed by atoms with Crippen molar-refractivity contribution in [3.63, 3.8) is 0 Å². The monoisotopic (exact) mass is 363 g/mol. The molecule has 0 saturated carbocycles. The van der Waals surface area contributed by atoms with E-state index in [9.17, 15) is 22.4 Å². The van der Waals surface area contributed by atoms with Gasteiger partial charge in [0.25, 0.3) is 5.56 Å². The van der Waals surface area contributed by atoms with Crippen molar-refractivity contribution in [1.82, 2.24) is 9.97 Å². The highest BCUT2D eigenvalue weighted by molar-refractivity contribution is 7.98. The van der Waals surface area contributed by atoms with Gasteiger partial charge in [-0.1, -0.05) is 23.4 Å². The first-order valence-electron chi connectivity index (χ1n) is 5.84. The van der Waals surface area contributed by atoms with Crippen LogP contribution in [0.4, 0.5) is 17.6 Å². The summed E-state index contributed by atoms with van der Waals surface area (Å²) in [5.74, 6) is -1.63. The molecule has 0 bridgehead atoms. The number of halogens is 5. The summed E-state index contributed by atoms with van der Waals surface area (Å²) in [4.78, 5) is 18.0. The Bertz CT molecular complexity index is 873. The Labute approximate surface area is 136 Å². The van der Waals surface area contributed by atoms with Gasteiger partial charge in [-0.3, -0.25) is 4.79 Å². The third kappa shape index (κ3) is 3.33. The van der Waals surface area contributed by atoms with E-state index in [1.54, 1.807) is 12.3 Å². The van der Waals surface area contributed by atoms with Crippen molar-refractivity contribution in [2.45, 2.75) is 11.3 Å². The lowest BCUT2D eigenvalue weighted by molar-refractivity contribution is -0.139. The first kappa shape index (κ1) is 17.3. The highest BCUT2D eigenvalue weighted by Crippen LogP contribution is 2.37. The first-order valence-corrected chi connectivity index (χ1v) is 7.44. The van der Waals surface area contributed by atoms with Gasteiger partial charge in [-0.2, -0.15) is 18.4 Å². The summed E-state index contributed by atoms with van der Waals surface area (Å²) in [6.07, 6.45) is -3.41. The van der Waals surface area contributed by atoms with Crippen molar-refractivity contribution in [3.8, 4) is 17.3 Å². The summed E-state index contributed by atoms with van der Waals surface area (Å²) in [7, 11) is 0. The molecule has 4 nitrogen and oxygen atoms in total. The lowest BCUT2D eigenvalue weighted by Gasteiger charge is -2.12. The van der Waals surface area contributed by atoms with Crippen LogP contribution in [0.5, 0.6) is 0 Å². The highest BCUT2D eigenvalue weighted by Gasteiger charge is 2.36. The number of nitriles is 1. The number of benzene rings is 1. The first-order chi connectivity index (χ1) is 10.7. The van der Waals surface area contributed by atoms with E-state index in [2.05, 4.69) is 9.97 Å². The minimum atomic E-state index is -4.99. The van der Waals surface area contributed by atoms with Crippen LogP contribution in [0.2, 0.25) is 5.02 Å². The molecule has 2 aromatic rings. The smallest absolute Gasteiger partial charge is 0.300 e. The molecule has 0 fully saturated rings. The highest BCUT2D eigenvalue weighted by atomic mass is 35.5. The van der Waals surface area contributed by atoms with Gasteiger partial charge in [-0.05, 0) is 18.4 Å². The minimum Gasteiger partial charge on any atom is -0.300 e. The number of rotatable bonds is 2. The van der Waals surface area contributed by atoms with Crippen molar-refractivity contribution < 1.29 is 17.6 Å². The normalized spacial score (nSPS) is 11.3. The molecule has 1 aromatic heterocycles. The molecule has 0 aliphatic heterocycles. The molecule has 0 aliphatic carbocycles. The molecule has 1 heterocycles. The lowest BCUT2D eigenvalue weighted by Crippen LogP contribution is -2.15. The van der Waals surface area contributed by atoms with Crippen molar-refractivity contribution in [2.24, 2.45) is 0 Å². The van der Waals surface area contributed by atoms with Crippen LogP contribution in [0, 0.1) is 17.1 Å². The number of H-pyrrole nitrogens is 1. The fraction of sp³-hybridized carbons (Fsp3) is 0.154. The van der Waals surface area contributed by atoms with E-state index in [4.69, 9.17) is 16.9 Å². The van der Waals surface area contributed by atoms with Gasteiger partial charge in [0.05, 0.1) is 16.3 Å². The van der Waals surface area contributed by atoms with E-state index in [0.29, 0.717) is 6.07 Å².